The predicted molar refractivity (Wildman–Crippen MR) is 111 cm³/mol. The summed E-state index contributed by atoms with van der Waals surface area (Å²) >= 11 is 7.48. The number of hydrogen-bond donors (Lipinski definition) is 1. The Morgan fingerprint density at radius 3 is 2.71 bits per heavy atom. The number of benzene rings is 1. The number of carbonyl (C=O) groups excluding carboxylic acids is 1. The van der Waals surface area contributed by atoms with Crippen molar-refractivity contribution in [3.05, 3.63) is 33.8 Å². The van der Waals surface area contributed by atoms with Crippen molar-refractivity contribution in [3.63, 3.8) is 0 Å². The van der Waals surface area contributed by atoms with Gasteiger partial charge in [-0.1, -0.05) is 42.7 Å². The van der Waals surface area contributed by atoms with E-state index in [2.05, 4.69) is 22.4 Å². The van der Waals surface area contributed by atoms with Crippen LogP contribution in [0.25, 0.3) is 0 Å². The number of hydrogen-bond acceptors (Lipinski definition) is 6. The third-order valence-electron chi connectivity index (χ3n) is 4.57. The molecule has 0 unspecified atom stereocenters. The van der Waals surface area contributed by atoms with E-state index in [9.17, 15) is 13.2 Å². The molecular weight excluding hydrogens is 420 g/mol. The summed E-state index contributed by atoms with van der Waals surface area (Å²) < 4.78 is 27.2. The zero-order valence-electron chi connectivity index (χ0n) is 15.6. The summed E-state index contributed by atoms with van der Waals surface area (Å²) in [6, 6.07) is 4.22. The lowest BCUT2D eigenvalue weighted by atomic mass is 10.2. The Labute approximate surface area is 174 Å². The Kier molecular flexibility index (Phi) is 7.03. The van der Waals surface area contributed by atoms with Crippen LogP contribution in [-0.4, -0.2) is 41.9 Å². The summed E-state index contributed by atoms with van der Waals surface area (Å²) in [5.74, 6) is -0.501. The highest BCUT2D eigenvalue weighted by molar-refractivity contribution is 7.89. The highest BCUT2D eigenvalue weighted by Crippen LogP contribution is 2.26. The summed E-state index contributed by atoms with van der Waals surface area (Å²) in [4.78, 5) is 12.7. The molecule has 28 heavy (non-hydrogen) atoms. The van der Waals surface area contributed by atoms with Gasteiger partial charge in [-0.15, -0.1) is 10.2 Å². The molecule has 0 radical (unpaired) electrons. The van der Waals surface area contributed by atoms with Crippen molar-refractivity contribution in [2.24, 2.45) is 0 Å². The Bertz CT molecular complexity index is 940. The van der Waals surface area contributed by atoms with E-state index in [-0.39, 0.29) is 15.5 Å². The molecule has 1 aromatic heterocycles. The fourth-order valence-electron chi connectivity index (χ4n) is 2.99. The summed E-state index contributed by atoms with van der Waals surface area (Å²) in [6.07, 6.45) is 5.59. The molecule has 1 aliphatic rings. The molecule has 1 aromatic carbocycles. The van der Waals surface area contributed by atoms with Crippen LogP contribution < -0.4 is 5.32 Å². The first-order valence-corrected chi connectivity index (χ1v) is 12.0. The molecule has 0 bridgehead atoms. The van der Waals surface area contributed by atoms with Gasteiger partial charge >= 0.3 is 0 Å². The first-order valence-electron chi connectivity index (χ1n) is 9.35. The van der Waals surface area contributed by atoms with Gasteiger partial charge in [0.25, 0.3) is 5.91 Å². The number of halogens is 1. The normalized spacial score (nSPS) is 15.5. The Hall–Kier alpha value is -1.55. The molecule has 1 amide bonds. The van der Waals surface area contributed by atoms with Crippen molar-refractivity contribution < 1.29 is 13.2 Å². The van der Waals surface area contributed by atoms with E-state index in [1.165, 1.54) is 33.8 Å². The van der Waals surface area contributed by atoms with Crippen molar-refractivity contribution in [3.8, 4) is 0 Å². The largest absolute Gasteiger partial charge is 0.296 e. The van der Waals surface area contributed by atoms with Crippen LogP contribution in [0.4, 0.5) is 5.13 Å². The highest BCUT2D eigenvalue weighted by atomic mass is 35.5. The maximum atomic E-state index is 12.9. The van der Waals surface area contributed by atoms with Gasteiger partial charge in [0.2, 0.25) is 15.2 Å². The lowest BCUT2D eigenvalue weighted by Crippen LogP contribution is -2.35. The number of amides is 1. The second-order valence-corrected chi connectivity index (χ2v) is 10.1. The van der Waals surface area contributed by atoms with Gasteiger partial charge in [0.05, 0.1) is 15.5 Å². The summed E-state index contributed by atoms with van der Waals surface area (Å²) in [5, 5.41) is 12.1. The van der Waals surface area contributed by atoms with Crippen LogP contribution in [0.1, 0.15) is 54.4 Å². The Morgan fingerprint density at radius 2 is 2.00 bits per heavy atom. The standard InChI is InChI=1S/C18H23ClN4O3S2/c1-2-3-7-16-21-22-18(27-16)20-17(24)14-12-13(8-9-15(14)19)28(25,26)23-10-5-4-6-11-23/h8-9,12H,2-7,10-11H2,1H3,(H,20,22,24). The first-order chi connectivity index (χ1) is 13.4. The van der Waals surface area contributed by atoms with E-state index < -0.39 is 15.9 Å². The van der Waals surface area contributed by atoms with Crippen LogP contribution in [0.3, 0.4) is 0 Å². The lowest BCUT2D eigenvalue weighted by Gasteiger charge is -2.26. The van der Waals surface area contributed by atoms with Crippen LogP contribution in [0, 0.1) is 0 Å². The SMILES string of the molecule is CCCCc1nnc(NC(=O)c2cc(S(=O)(=O)N3CCCCC3)ccc2Cl)s1. The number of piperidine rings is 1. The van der Waals surface area contributed by atoms with Crippen molar-refractivity contribution in [2.75, 3.05) is 18.4 Å². The molecule has 1 fully saturated rings. The molecule has 3 rings (SSSR count). The minimum atomic E-state index is -3.64. The van der Waals surface area contributed by atoms with E-state index in [1.54, 1.807) is 0 Å². The lowest BCUT2D eigenvalue weighted by molar-refractivity contribution is 0.102. The van der Waals surface area contributed by atoms with Crippen LogP contribution in [0.2, 0.25) is 5.02 Å². The molecule has 0 aliphatic carbocycles. The first kappa shape index (κ1) is 21.2. The van der Waals surface area contributed by atoms with Gasteiger partial charge in [-0.25, -0.2) is 8.42 Å². The average Bonchev–Trinajstić information content (AvgIpc) is 3.14. The Balaban J connectivity index is 1.79. The fourth-order valence-corrected chi connectivity index (χ4v) is 5.51. The molecule has 1 aliphatic heterocycles. The maximum absolute atomic E-state index is 12.9. The van der Waals surface area contributed by atoms with Gasteiger partial charge in [-0.05, 0) is 37.5 Å². The monoisotopic (exact) mass is 442 g/mol. The number of anilines is 1. The van der Waals surface area contributed by atoms with Crippen LogP contribution in [0.15, 0.2) is 23.1 Å². The number of sulfonamides is 1. The van der Waals surface area contributed by atoms with Crippen LogP contribution >= 0.6 is 22.9 Å². The van der Waals surface area contributed by atoms with E-state index in [4.69, 9.17) is 11.6 Å². The summed E-state index contributed by atoms with van der Waals surface area (Å²) in [5.41, 5.74) is 0.102. The molecular formula is C18H23ClN4O3S2. The van der Waals surface area contributed by atoms with Gasteiger partial charge in [0.1, 0.15) is 5.01 Å². The Morgan fingerprint density at radius 1 is 1.25 bits per heavy atom. The highest BCUT2D eigenvalue weighted by Gasteiger charge is 2.27. The van der Waals surface area contributed by atoms with Crippen molar-refractivity contribution in [2.45, 2.75) is 50.3 Å². The van der Waals surface area contributed by atoms with E-state index in [1.807, 2.05) is 0 Å². The third-order valence-corrected chi connectivity index (χ3v) is 7.69. The quantitative estimate of drug-likeness (QED) is 0.700. The van der Waals surface area contributed by atoms with E-state index >= 15 is 0 Å². The molecule has 10 heteroatoms. The van der Waals surface area contributed by atoms with E-state index in [0.29, 0.717) is 18.2 Å². The molecule has 0 spiro atoms. The molecule has 0 atom stereocenters. The minimum Gasteiger partial charge on any atom is -0.296 e. The zero-order chi connectivity index (χ0) is 20.1. The van der Waals surface area contributed by atoms with E-state index in [0.717, 1.165) is 43.5 Å². The fraction of sp³-hybridized carbons (Fsp3) is 0.500. The second kappa shape index (κ2) is 9.30. The van der Waals surface area contributed by atoms with Crippen molar-refractivity contribution in [1.82, 2.24) is 14.5 Å². The number of nitrogens with one attached hydrogen (secondary N) is 1. The van der Waals surface area contributed by atoms with Gasteiger partial charge in [-0.3, -0.25) is 10.1 Å². The number of aromatic nitrogens is 2. The molecule has 2 aromatic rings. The summed E-state index contributed by atoms with van der Waals surface area (Å²) in [6.45, 7) is 3.09. The van der Waals surface area contributed by atoms with Crippen LogP contribution in [0.5, 0.6) is 0 Å². The van der Waals surface area contributed by atoms with Crippen molar-refractivity contribution >= 4 is 44.0 Å². The number of carbonyl (C=O) groups is 1. The van der Waals surface area contributed by atoms with Gasteiger partial charge in [0.15, 0.2) is 0 Å². The molecule has 7 nitrogen and oxygen atoms in total. The molecule has 0 saturated carbocycles. The number of rotatable bonds is 7. The number of nitrogens with zero attached hydrogens (tertiary/aromatic N) is 3. The molecule has 152 valence electrons. The topological polar surface area (TPSA) is 92.3 Å². The smallest absolute Gasteiger partial charge is 0.259 e. The van der Waals surface area contributed by atoms with Gasteiger partial charge in [-0.2, -0.15) is 4.31 Å². The maximum Gasteiger partial charge on any atom is 0.259 e. The zero-order valence-corrected chi connectivity index (χ0v) is 18.0. The third kappa shape index (κ3) is 4.89. The van der Waals surface area contributed by atoms with Crippen LogP contribution in [-0.2, 0) is 16.4 Å². The number of unbranched alkanes of at least 4 members (excludes halogenated alkanes) is 1. The predicted octanol–water partition coefficient (Wildman–Crippen LogP) is 3.96. The molecule has 2 heterocycles. The van der Waals surface area contributed by atoms with Gasteiger partial charge in [0, 0.05) is 19.5 Å². The summed E-state index contributed by atoms with van der Waals surface area (Å²) in [7, 11) is -3.64. The molecule has 1 saturated heterocycles. The van der Waals surface area contributed by atoms with Crippen molar-refractivity contribution in [1.29, 1.82) is 0 Å². The average molecular weight is 443 g/mol. The minimum absolute atomic E-state index is 0.0739. The number of aryl methyl sites for hydroxylation is 1. The molecule has 1 N–H and O–H groups in total. The second-order valence-electron chi connectivity index (χ2n) is 6.67. The van der Waals surface area contributed by atoms with Gasteiger partial charge < -0.3 is 0 Å².